The van der Waals surface area contributed by atoms with Crippen LogP contribution in [0.15, 0.2) is 122 Å². The summed E-state index contributed by atoms with van der Waals surface area (Å²) in [6.45, 7) is 0. The maximum absolute atomic E-state index is 9.86. The Morgan fingerprint density at radius 1 is 0.455 bits per heavy atom. The third-order valence-electron chi connectivity index (χ3n) is 8.27. The summed E-state index contributed by atoms with van der Waals surface area (Å²) in [6, 6.07) is 42.3. The summed E-state index contributed by atoms with van der Waals surface area (Å²) >= 11 is 0. The second-order valence-corrected chi connectivity index (χ2v) is 10.6. The Labute approximate surface area is 252 Å². The van der Waals surface area contributed by atoms with Gasteiger partial charge < -0.3 is 9.13 Å². The van der Waals surface area contributed by atoms with Crippen LogP contribution in [-0.2, 0) is 0 Å². The van der Waals surface area contributed by atoms with E-state index in [0.29, 0.717) is 16.7 Å². The Hall–Kier alpha value is -6.68. The number of hydrogen-bond acceptors (Lipinski definition) is 4. The van der Waals surface area contributed by atoms with Gasteiger partial charge in [0.15, 0.2) is 0 Å². The fraction of sp³-hybridized carbons (Fsp3) is 0. The molecule has 0 fully saturated rings. The van der Waals surface area contributed by atoms with Gasteiger partial charge in [-0.3, -0.25) is 4.98 Å². The molecule has 0 saturated carbocycles. The van der Waals surface area contributed by atoms with E-state index in [9.17, 15) is 15.8 Å². The number of nitrogens with zero attached hydrogens (tertiary/aromatic N) is 6. The molecular weight excluding hydrogens is 540 g/mol. The number of benzene rings is 5. The van der Waals surface area contributed by atoms with Crippen LogP contribution < -0.4 is 0 Å². The van der Waals surface area contributed by atoms with Gasteiger partial charge in [-0.2, -0.15) is 15.8 Å². The van der Waals surface area contributed by atoms with Crippen LogP contribution in [0.3, 0.4) is 0 Å². The minimum absolute atomic E-state index is 0.541. The van der Waals surface area contributed by atoms with Gasteiger partial charge in [-0.05, 0) is 54.1 Å². The van der Waals surface area contributed by atoms with E-state index in [0.717, 1.165) is 66.1 Å². The van der Waals surface area contributed by atoms with Crippen molar-refractivity contribution < 1.29 is 0 Å². The Morgan fingerprint density at radius 2 is 0.932 bits per heavy atom. The van der Waals surface area contributed by atoms with Gasteiger partial charge in [-0.15, -0.1) is 0 Å². The third-order valence-corrected chi connectivity index (χ3v) is 8.27. The summed E-state index contributed by atoms with van der Waals surface area (Å²) < 4.78 is 4.32. The van der Waals surface area contributed by atoms with Crippen molar-refractivity contribution in [3.8, 4) is 40.7 Å². The van der Waals surface area contributed by atoms with Crippen molar-refractivity contribution in [3.05, 3.63) is 138 Å². The van der Waals surface area contributed by atoms with E-state index in [2.05, 4.69) is 51.6 Å². The highest BCUT2D eigenvalue weighted by atomic mass is 15.0. The largest absolute Gasteiger partial charge is 0.307 e. The van der Waals surface area contributed by atoms with Gasteiger partial charge in [0.1, 0.15) is 0 Å². The van der Waals surface area contributed by atoms with Crippen molar-refractivity contribution in [2.75, 3.05) is 0 Å². The molecule has 5 aromatic carbocycles. The lowest BCUT2D eigenvalue weighted by atomic mass is 10.0. The molecule has 0 unspecified atom stereocenters. The fourth-order valence-corrected chi connectivity index (χ4v) is 6.42. The van der Waals surface area contributed by atoms with Gasteiger partial charge in [0.25, 0.3) is 0 Å². The molecule has 6 nitrogen and oxygen atoms in total. The number of para-hydroxylation sites is 2. The van der Waals surface area contributed by atoms with Crippen LogP contribution in [0.25, 0.3) is 66.1 Å². The molecule has 0 aliphatic heterocycles. The first-order valence-electron chi connectivity index (χ1n) is 14.1. The summed E-state index contributed by atoms with van der Waals surface area (Å²) in [4.78, 5) is 4.80. The first-order chi connectivity index (χ1) is 21.7. The summed E-state index contributed by atoms with van der Waals surface area (Å²) in [5.74, 6) is 0. The molecule has 0 N–H and O–H groups in total. The number of nitriles is 3. The number of aromatic nitrogens is 3. The molecule has 8 aromatic rings. The van der Waals surface area contributed by atoms with E-state index >= 15 is 0 Å². The lowest BCUT2D eigenvalue weighted by molar-refractivity contribution is 1.09. The second kappa shape index (κ2) is 9.71. The van der Waals surface area contributed by atoms with E-state index in [1.54, 1.807) is 6.07 Å². The fourth-order valence-electron chi connectivity index (χ4n) is 6.42. The molecule has 0 saturated heterocycles. The number of rotatable bonds is 3. The lowest BCUT2D eigenvalue weighted by Crippen LogP contribution is -2.05. The van der Waals surface area contributed by atoms with Gasteiger partial charge in [0, 0.05) is 27.1 Å². The van der Waals surface area contributed by atoms with Crippen LogP contribution >= 0.6 is 0 Å². The summed E-state index contributed by atoms with van der Waals surface area (Å²) in [5, 5.41) is 33.6. The Balaban J connectivity index is 1.58. The van der Waals surface area contributed by atoms with E-state index < -0.39 is 0 Å². The zero-order chi connectivity index (χ0) is 29.8. The maximum atomic E-state index is 9.86. The molecule has 0 aliphatic rings. The normalized spacial score (nSPS) is 11.1. The molecule has 0 amide bonds. The van der Waals surface area contributed by atoms with Crippen molar-refractivity contribution in [1.82, 2.24) is 14.1 Å². The van der Waals surface area contributed by atoms with E-state index in [4.69, 9.17) is 4.98 Å². The van der Waals surface area contributed by atoms with Gasteiger partial charge in [0.05, 0.1) is 80.7 Å². The molecule has 6 heteroatoms. The molecule has 202 valence electrons. The molecule has 0 aliphatic carbocycles. The van der Waals surface area contributed by atoms with Crippen molar-refractivity contribution in [2.45, 2.75) is 0 Å². The van der Waals surface area contributed by atoms with Crippen LogP contribution in [0.1, 0.15) is 16.7 Å². The van der Waals surface area contributed by atoms with Gasteiger partial charge >= 0.3 is 0 Å². The zero-order valence-corrected chi connectivity index (χ0v) is 23.2. The van der Waals surface area contributed by atoms with Crippen LogP contribution in [0.5, 0.6) is 0 Å². The Kier molecular flexibility index (Phi) is 5.53. The first-order valence-corrected chi connectivity index (χ1v) is 14.1. The van der Waals surface area contributed by atoms with E-state index in [1.165, 1.54) is 0 Å². The smallest absolute Gasteiger partial charge is 0.0992 e. The standard InChI is InChI=1S/C38H20N6/c39-19-24-6-5-7-27(16-24)38-36(43-32-10-3-1-8-28(32)30-14-12-25(20-40)17-34(30)43)22-42-23-37(38)44-33-11-4-2-9-29(33)31-15-13-26(21-41)18-35(31)44/h1-18,22-23H. The van der Waals surface area contributed by atoms with Crippen molar-refractivity contribution in [1.29, 1.82) is 15.8 Å². The zero-order valence-electron chi connectivity index (χ0n) is 23.2. The minimum Gasteiger partial charge on any atom is -0.307 e. The SMILES string of the molecule is N#Cc1cccc(-c2c(-n3c4ccccc4c4ccc(C#N)cc43)cncc2-n2c3ccccc3c3ccc(C#N)cc32)c1. The number of hydrogen-bond donors (Lipinski definition) is 0. The molecule has 3 heterocycles. The molecule has 0 bridgehead atoms. The molecule has 3 aromatic heterocycles. The number of pyridine rings is 1. The monoisotopic (exact) mass is 560 g/mol. The molecule has 8 rings (SSSR count). The Morgan fingerprint density at radius 3 is 1.45 bits per heavy atom. The summed E-state index contributed by atoms with van der Waals surface area (Å²) in [7, 11) is 0. The predicted molar refractivity (Wildman–Crippen MR) is 172 cm³/mol. The quantitative estimate of drug-likeness (QED) is 0.216. The van der Waals surface area contributed by atoms with Crippen LogP contribution in [0.2, 0.25) is 0 Å². The van der Waals surface area contributed by atoms with Crippen molar-refractivity contribution in [2.24, 2.45) is 0 Å². The molecule has 0 spiro atoms. The Bertz CT molecular complexity index is 2450. The molecule has 0 atom stereocenters. The summed E-state index contributed by atoms with van der Waals surface area (Å²) in [6.07, 6.45) is 3.69. The van der Waals surface area contributed by atoms with Gasteiger partial charge in [-0.25, -0.2) is 0 Å². The van der Waals surface area contributed by atoms with E-state index in [1.807, 2.05) is 91.3 Å². The topological polar surface area (TPSA) is 94.1 Å². The molecule has 44 heavy (non-hydrogen) atoms. The van der Waals surface area contributed by atoms with Crippen molar-refractivity contribution >= 4 is 43.6 Å². The van der Waals surface area contributed by atoms with Crippen LogP contribution in [0, 0.1) is 34.0 Å². The predicted octanol–water partition coefficient (Wildman–Crippen LogP) is 8.56. The highest BCUT2D eigenvalue weighted by molar-refractivity contribution is 6.12. The van der Waals surface area contributed by atoms with E-state index in [-0.39, 0.29) is 0 Å². The molecule has 0 radical (unpaired) electrons. The van der Waals surface area contributed by atoms with Gasteiger partial charge in [0.2, 0.25) is 0 Å². The average Bonchev–Trinajstić information content (AvgIpc) is 3.59. The van der Waals surface area contributed by atoms with Crippen molar-refractivity contribution in [3.63, 3.8) is 0 Å². The average molecular weight is 561 g/mol. The maximum Gasteiger partial charge on any atom is 0.0992 e. The first kappa shape index (κ1) is 25.1. The number of fused-ring (bicyclic) bond motifs is 6. The second-order valence-electron chi connectivity index (χ2n) is 10.6. The van der Waals surface area contributed by atoms with Crippen LogP contribution in [-0.4, -0.2) is 14.1 Å². The lowest BCUT2D eigenvalue weighted by Gasteiger charge is -2.19. The van der Waals surface area contributed by atoms with Gasteiger partial charge in [-0.1, -0.05) is 60.7 Å². The highest BCUT2D eigenvalue weighted by Gasteiger charge is 2.22. The minimum atomic E-state index is 0.541. The summed E-state index contributed by atoms with van der Waals surface area (Å²) in [5.41, 5.74) is 8.71. The van der Waals surface area contributed by atoms with Crippen LogP contribution in [0.4, 0.5) is 0 Å². The molecular formula is C38H20N6. The third kappa shape index (κ3) is 3.61. The highest BCUT2D eigenvalue weighted by Crippen LogP contribution is 2.41.